The third-order valence-electron chi connectivity index (χ3n) is 4.92. The summed E-state index contributed by atoms with van der Waals surface area (Å²) in [6.45, 7) is 0. The highest BCUT2D eigenvalue weighted by atomic mass is 32.2. The zero-order valence-electron chi connectivity index (χ0n) is 17.6. The highest BCUT2D eigenvalue weighted by Crippen LogP contribution is 2.34. The Hall–Kier alpha value is -3.69. The van der Waals surface area contributed by atoms with Crippen LogP contribution >= 0.6 is 23.1 Å². The Morgan fingerprint density at radius 3 is 2.67 bits per heavy atom. The van der Waals surface area contributed by atoms with Crippen molar-refractivity contribution in [3.05, 3.63) is 79.1 Å². The van der Waals surface area contributed by atoms with Gasteiger partial charge in [-0.25, -0.2) is 4.98 Å². The molecule has 9 heteroatoms. The van der Waals surface area contributed by atoms with Crippen LogP contribution in [0.5, 0.6) is 5.75 Å². The Bertz CT molecular complexity index is 1380. The van der Waals surface area contributed by atoms with E-state index in [2.05, 4.69) is 15.5 Å². The molecule has 0 saturated heterocycles. The third kappa shape index (κ3) is 4.59. The molecule has 0 aliphatic carbocycles. The van der Waals surface area contributed by atoms with E-state index in [1.807, 2.05) is 77.4 Å². The Morgan fingerprint density at radius 1 is 1.06 bits per heavy atom. The smallest absolute Gasteiger partial charge is 0.234 e. The second-order valence-corrected chi connectivity index (χ2v) is 9.02. The molecule has 0 atom stereocenters. The fraction of sp³-hybridized carbons (Fsp3) is 0.0833. The van der Waals surface area contributed by atoms with Crippen LogP contribution in [0.2, 0.25) is 0 Å². The first-order chi connectivity index (χ1) is 16.2. The Morgan fingerprint density at radius 2 is 1.85 bits per heavy atom. The summed E-state index contributed by atoms with van der Waals surface area (Å²) in [4.78, 5) is 17.5. The van der Waals surface area contributed by atoms with Crippen LogP contribution in [-0.4, -0.2) is 38.5 Å². The number of benzene rings is 3. The maximum absolute atomic E-state index is 12.8. The lowest BCUT2D eigenvalue weighted by Crippen LogP contribution is -2.15. The van der Waals surface area contributed by atoms with E-state index in [4.69, 9.17) is 9.72 Å². The highest BCUT2D eigenvalue weighted by Gasteiger charge is 2.14. The summed E-state index contributed by atoms with van der Waals surface area (Å²) >= 11 is 2.93. The first kappa shape index (κ1) is 21.2. The fourth-order valence-electron chi connectivity index (χ4n) is 3.33. The molecule has 2 heterocycles. The molecule has 0 fully saturated rings. The molecule has 1 N–H and O–H groups in total. The van der Waals surface area contributed by atoms with Gasteiger partial charge >= 0.3 is 0 Å². The number of thiazole rings is 1. The maximum Gasteiger partial charge on any atom is 0.234 e. The van der Waals surface area contributed by atoms with Crippen molar-refractivity contribution in [2.45, 2.75) is 5.16 Å². The van der Waals surface area contributed by atoms with Gasteiger partial charge in [-0.05, 0) is 48.5 Å². The first-order valence-electron chi connectivity index (χ1n) is 10.1. The number of hydrogen-bond acceptors (Lipinski definition) is 7. The van der Waals surface area contributed by atoms with Crippen LogP contribution < -0.4 is 10.1 Å². The number of anilines is 1. The van der Waals surface area contributed by atoms with Crippen LogP contribution in [-0.2, 0) is 4.79 Å². The molecule has 5 rings (SSSR count). The average Bonchev–Trinajstić information content (AvgIpc) is 3.50. The summed E-state index contributed by atoms with van der Waals surface area (Å²) in [5.41, 5.74) is 3.48. The summed E-state index contributed by atoms with van der Waals surface area (Å²) in [5, 5.41) is 12.7. The van der Waals surface area contributed by atoms with Gasteiger partial charge in [0.05, 0.1) is 28.8 Å². The molecular formula is C24H19N5O2S2. The van der Waals surface area contributed by atoms with Gasteiger partial charge in [-0.3, -0.25) is 9.36 Å². The molecule has 7 nitrogen and oxygen atoms in total. The zero-order chi connectivity index (χ0) is 22.6. The molecule has 2 aromatic heterocycles. The topological polar surface area (TPSA) is 81.9 Å². The lowest BCUT2D eigenvalue weighted by molar-refractivity contribution is -0.113. The molecule has 1 amide bonds. The summed E-state index contributed by atoms with van der Waals surface area (Å²) in [6, 6.07) is 23.3. The second kappa shape index (κ2) is 9.43. The molecule has 33 heavy (non-hydrogen) atoms. The number of nitrogens with one attached hydrogen (secondary N) is 1. The first-order valence-corrected chi connectivity index (χ1v) is 11.9. The van der Waals surface area contributed by atoms with Gasteiger partial charge < -0.3 is 10.1 Å². The van der Waals surface area contributed by atoms with Gasteiger partial charge in [0, 0.05) is 11.3 Å². The molecular weight excluding hydrogens is 454 g/mol. The predicted octanol–water partition coefficient (Wildman–Crippen LogP) is 5.28. The number of para-hydroxylation sites is 2. The zero-order valence-corrected chi connectivity index (χ0v) is 19.3. The Kier molecular flexibility index (Phi) is 6.05. The van der Waals surface area contributed by atoms with Gasteiger partial charge in [0.25, 0.3) is 0 Å². The predicted molar refractivity (Wildman–Crippen MR) is 132 cm³/mol. The number of hydrogen-bond donors (Lipinski definition) is 1. The summed E-state index contributed by atoms with van der Waals surface area (Å²) in [7, 11) is 1.63. The quantitative estimate of drug-likeness (QED) is 0.324. The molecule has 0 saturated carbocycles. The molecule has 164 valence electrons. The van der Waals surface area contributed by atoms with Crippen molar-refractivity contribution in [1.29, 1.82) is 0 Å². The van der Waals surface area contributed by atoms with Gasteiger partial charge in [-0.1, -0.05) is 36.0 Å². The number of amides is 1. The number of carbonyl (C=O) groups is 1. The number of carbonyl (C=O) groups excluding carboxylic acids is 1. The number of ether oxygens (including phenoxy) is 1. The monoisotopic (exact) mass is 473 g/mol. The van der Waals surface area contributed by atoms with Gasteiger partial charge in [0.2, 0.25) is 5.91 Å². The standard InChI is InChI=1S/C24H19N5O2S2/c1-31-17-12-10-16(11-13-17)29-15-25-28-24(29)32-14-22(30)26-19-7-3-2-6-18(19)23-27-20-8-4-5-9-21(20)33-23/h2-13,15H,14H2,1H3,(H,26,30). The minimum Gasteiger partial charge on any atom is -0.497 e. The Balaban J connectivity index is 1.30. The molecule has 0 aliphatic heterocycles. The Labute approximate surface area is 198 Å². The fourth-order valence-corrected chi connectivity index (χ4v) is 5.06. The highest BCUT2D eigenvalue weighted by molar-refractivity contribution is 7.99. The molecule has 0 unspecified atom stereocenters. The summed E-state index contributed by atoms with van der Waals surface area (Å²) in [5.74, 6) is 0.841. The number of rotatable bonds is 7. The van der Waals surface area contributed by atoms with Crippen molar-refractivity contribution in [1.82, 2.24) is 19.7 Å². The van der Waals surface area contributed by atoms with E-state index in [-0.39, 0.29) is 11.7 Å². The third-order valence-corrected chi connectivity index (χ3v) is 6.94. The van der Waals surface area contributed by atoms with Crippen molar-refractivity contribution in [2.75, 3.05) is 18.2 Å². The van der Waals surface area contributed by atoms with Crippen LogP contribution in [0.25, 0.3) is 26.5 Å². The van der Waals surface area contributed by atoms with Gasteiger partial charge in [-0.15, -0.1) is 21.5 Å². The average molecular weight is 474 g/mol. The van der Waals surface area contributed by atoms with E-state index in [0.29, 0.717) is 5.16 Å². The summed E-state index contributed by atoms with van der Waals surface area (Å²) < 4.78 is 8.16. The molecule has 0 bridgehead atoms. The van der Waals surface area contributed by atoms with Crippen LogP contribution in [0.1, 0.15) is 0 Å². The second-order valence-electron chi connectivity index (χ2n) is 7.05. The van der Waals surface area contributed by atoms with Crippen molar-refractivity contribution in [3.63, 3.8) is 0 Å². The lowest BCUT2D eigenvalue weighted by atomic mass is 10.2. The number of methoxy groups -OCH3 is 1. The molecule has 5 aromatic rings. The normalized spacial score (nSPS) is 10.9. The minimum atomic E-state index is -0.127. The molecule has 3 aromatic carbocycles. The van der Waals surface area contributed by atoms with E-state index >= 15 is 0 Å². The van der Waals surface area contributed by atoms with E-state index < -0.39 is 0 Å². The SMILES string of the molecule is COc1ccc(-n2cnnc2SCC(=O)Nc2ccccc2-c2nc3ccccc3s2)cc1. The van der Waals surface area contributed by atoms with Gasteiger partial charge in [0.15, 0.2) is 5.16 Å². The molecule has 0 aliphatic rings. The van der Waals surface area contributed by atoms with E-state index in [9.17, 15) is 4.79 Å². The lowest BCUT2D eigenvalue weighted by Gasteiger charge is -2.10. The van der Waals surface area contributed by atoms with Gasteiger partial charge in [-0.2, -0.15) is 0 Å². The number of thioether (sulfide) groups is 1. The van der Waals surface area contributed by atoms with E-state index in [1.54, 1.807) is 24.8 Å². The largest absolute Gasteiger partial charge is 0.497 e. The van der Waals surface area contributed by atoms with E-state index in [0.717, 1.165) is 37.9 Å². The van der Waals surface area contributed by atoms with Crippen molar-refractivity contribution < 1.29 is 9.53 Å². The number of fused-ring (bicyclic) bond motifs is 1. The van der Waals surface area contributed by atoms with Crippen LogP contribution in [0.3, 0.4) is 0 Å². The minimum absolute atomic E-state index is 0.127. The summed E-state index contributed by atoms with van der Waals surface area (Å²) in [6.07, 6.45) is 1.63. The van der Waals surface area contributed by atoms with Gasteiger partial charge in [0.1, 0.15) is 17.1 Å². The van der Waals surface area contributed by atoms with Crippen molar-refractivity contribution in [3.8, 4) is 22.0 Å². The van der Waals surface area contributed by atoms with Crippen LogP contribution in [0, 0.1) is 0 Å². The van der Waals surface area contributed by atoms with Crippen molar-refractivity contribution in [2.24, 2.45) is 0 Å². The number of aromatic nitrogens is 4. The van der Waals surface area contributed by atoms with Crippen LogP contribution in [0.15, 0.2) is 84.3 Å². The van der Waals surface area contributed by atoms with Crippen molar-refractivity contribution >= 4 is 44.9 Å². The number of nitrogens with zero attached hydrogens (tertiary/aromatic N) is 4. The molecule has 0 radical (unpaired) electrons. The molecule has 0 spiro atoms. The maximum atomic E-state index is 12.8. The van der Waals surface area contributed by atoms with E-state index in [1.165, 1.54) is 11.8 Å². The van der Waals surface area contributed by atoms with Crippen LogP contribution in [0.4, 0.5) is 5.69 Å².